The number of hydrogen-bond acceptors (Lipinski definition) is 3. The summed E-state index contributed by atoms with van der Waals surface area (Å²) in [7, 11) is 0. The van der Waals surface area contributed by atoms with Gasteiger partial charge in [0.05, 0.1) is 10.6 Å². The van der Waals surface area contributed by atoms with Crippen molar-refractivity contribution in [3.63, 3.8) is 0 Å². The van der Waals surface area contributed by atoms with Crippen LogP contribution in [0.4, 0.5) is 8.78 Å². The Bertz CT molecular complexity index is 365. The molecule has 0 fully saturated rings. The Hall–Kier alpha value is -1.23. The Morgan fingerprint density at radius 1 is 1.60 bits per heavy atom. The quantitative estimate of drug-likeness (QED) is 0.440. The van der Waals surface area contributed by atoms with Crippen LogP contribution in [0.3, 0.4) is 0 Å². The molecule has 1 aromatic heterocycles. The number of allylic oxidation sites excluding steroid dienone is 1. The fourth-order valence-electron chi connectivity index (χ4n) is 0.733. The van der Waals surface area contributed by atoms with Gasteiger partial charge in [-0.2, -0.15) is 8.78 Å². The van der Waals surface area contributed by atoms with E-state index in [2.05, 4.69) is 16.6 Å². The van der Waals surface area contributed by atoms with E-state index in [4.69, 9.17) is 0 Å². The van der Waals surface area contributed by atoms with Crippen LogP contribution in [-0.4, -0.2) is 11.6 Å². The predicted molar refractivity (Wildman–Crippen MR) is 57.4 cm³/mol. The van der Waals surface area contributed by atoms with E-state index < -0.39 is 11.7 Å². The van der Waals surface area contributed by atoms with Crippen LogP contribution in [0.25, 0.3) is 0 Å². The molecule has 0 atom stereocenters. The fourth-order valence-corrected chi connectivity index (χ4v) is 1.40. The maximum Gasteiger partial charge on any atom is 0.304 e. The Balaban J connectivity index is 2.63. The lowest BCUT2D eigenvalue weighted by molar-refractivity contribution is -0.00337. The lowest BCUT2D eigenvalue weighted by Gasteiger charge is -2.10. The standard InChI is InChI=1S/C10H11F2NOS/c1-7(9-5-4-6-15-9)13-14-8(2)10(3,11)12/h4-6H,2H2,1,3H3/b13-7+. The molecule has 0 saturated carbocycles. The van der Waals surface area contributed by atoms with Crippen LogP contribution in [0.5, 0.6) is 0 Å². The van der Waals surface area contributed by atoms with E-state index in [-0.39, 0.29) is 0 Å². The number of hydrogen-bond donors (Lipinski definition) is 0. The number of thiophene rings is 1. The average Bonchev–Trinajstić information content (AvgIpc) is 2.64. The highest BCUT2D eigenvalue weighted by Gasteiger charge is 2.28. The van der Waals surface area contributed by atoms with Crippen molar-refractivity contribution in [2.24, 2.45) is 5.16 Å². The third-order valence-corrected chi connectivity index (χ3v) is 2.64. The molecular formula is C10H11F2NOS. The number of oxime groups is 1. The summed E-state index contributed by atoms with van der Waals surface area (Å²) in [5, 5.41) is 5.45. The van der Waals surface area contributed by atoms with Gasteiger partial charge in [-0.1, -0.05) is 17.8 Å². The lowest BCUT2D eigenvalue weighted by Crippen LogP contribution is -2.14. The zero-order valence-corrected chi connectivity index (χ0v) is 9.28. The largest absolute Gasteiger partial charge is 0.355 e. The number of halogens is 2. The molecule has 0 aliphatic rings. The van der Waals surface area contributed by atoms with Crippen molar-refractivity contribution in [2.45, 2.75) is 19.8 Å². The molecule has 5 heteroatoms. The molecule has 1 aromatic rings. The normalized spacial score (nSPS) is 12.7. The van der Waals surface area contributed by atoms with Gasteiger partial charge in [-0.05, 0) is 18.4 Å². The molecule has 2 nitrogen and oxygen atoms in total. The van der Waals surface area contributed by atoms with Crippen molar-refractivity contribution in [3.05, 3.63) is 34.7 Å². The molecule has 0 amide bonds. The first-order chi connectivity index (χ1) is 6.91. The van der Waals surface area contributed by atoms with Crippen LogP contribution in [0.2, 0.25) is 0 Å². The molecule has 0 saturated heterocycles. The second-order valence-corrected chi connectivity index (χ2v) is 4.00. The zero-order chi connectivity index (χ0) is 11.5. The summed E-state index contributed by atoms with van der Waals surface area (Å²) in [6.07, 6.45) is 0. The van der Waals surface area contributed by atoms with Gasteiger partial charge in [0.15, 0.2) is 5.76 Å². The SMILES string of the molecule is C=C(O/N=C(\C)c1cccs1)C(C)(F)F. The van der Waals surface area contributed by atoms with E-state index in [1.165, 1.54) is 11.3 Å². The molecule has 1 heterocycles. The lowest BCUT2D eigenvalue weighted by atomic mass is 10.3. The van der Waals surface area contributed by atoms with Crippen LogP contribution in [0.15, 0.2) is 35.0 Å². The summed E-state index contributed by atoms with van der Waals surface area (Å²) in [5.74, 6) is -3.72. The van der Waals surface area contributed by atoms with Gasteiger partial charge >= 0.3 is 5.92 Å². The highest BCUT2D eigenvalue weighted by Crippen LogP contribution is 2.22. The van der Waals surface area contributed by atoms with E-state index in [9.17, 15) is 8.78 Å². The molecule has 82 valence electrons. The first-order valence-electron chi connectivity index (χ1n) is 4.24. The Morgan fingerprint density at radius 2 is 2.27 bits per heavy atom. The van der Waals surface area contributed by atoms with Gasteiger partial charge in [-0.15, -0.1) is 11.3 Å². The van der Waals surface area contributed by atoms with Crippen LogP contribution in [-0.2, 0) is 4.84 Å². The summed E-state index contributed by atoms with van der Waals surface area (Å²) in [5.41, 5.74) is 0.551. The molecule has 0 aliphatic heterocycles. The molecule has 0 aliphatic carbocycles. The van der Waals surface area contributed by atoms with E-state index >= 15 is 0 Å². The van der Waals surface area contributed by atoms with Gasteiger partial charge < -0.3 is 4.84 Å². The van der Waals surface area contributed by atoms with E-state index in [1.54, 1.807) is 6.92 Å². The van der Waals surface area contributed by atoms with Crippen molar-refractivity contribution in [1.29, 1.82) is 0 Å². The summed E-state index contributed by atoms with van der Waals surface area (Å²) in [6, 6.07) is 3.68. The molecule has 1 rings (SSSR count). The predicted octanol–water partition coefficient (Wildman–Crippen LogP) is 3.66. The second kappa shape index (κ2) is 4.53. The fraction of sp³-hybridized carbons (Fsp3) is 0.300. The minimum atomic E-state index is -3.07. The Kier molecular flexibility index (Phi) is 3.57. The monoisotopic (exact) mass is 231 g/mol. The summed E-state index contributed by atoms with van der Waals surface area (Å²) in [4.78, 5) is 5.42. The molecule has 0 aromatic carbocycles. The third kappa shape index (κ3) is 3.43. The van der Waals surface area contributed by atoms with Crippen molar-refractivity contribution in [3.8, 4) is 0 Å². The molecule has 0 bridgehead atoms. The van der Waals surface area contributed by atoms with Gasteiger partial charge in [0, 0.05) is 6.92 Å². The van der Waals surface area contributed by atoms with Gasteiger partial charge in [0.2, 0.25) is 0 Å². The first kappa shape index (κ1) is 11.8. The van der Waals surface area contributed by atoms with Gasteiger partial charge in [0.1, 0.15) is 0 Å². The van der Waals surface area contributed by atoms with Crippen LogP contribution >= 0.6 is 11.3 Å². The first-order valence-corrected chi connectivity index (χ1v) is 5.12. The molecule has 0 N–H and O–H groups in total. The van der Waals surface area contributed by atoms with Crippen LogP contribution < -0.4 is 0 Å². The van der Waals surface area contributed by atoms with Crippen molar-refractivity contribution >= 4 is 17.0 Å². The Morgan fingerprint density at radius 3 is 2.73 bits per heavy atom. The highest BCUT2D eigenvalue weighted by molar-refractivity contribution is 7.12. The highest BCUT2D eigenvalue weighted by atomic mass is 32.1. The topological polar surface area (TPSA) is 21.6 Å². The van der Waals surface area contributed by atoms with Crippen molar-refractivity contribution < 1.29 is 13.6 Å². The number of rotatable bonds is 4. The van der Waals surface area contributed by atoms with Gasteiger partial charge in [-0.3, -0.25) is 0 Å². The van der Waals surface area contributed by atoms with E-state index in [0.717, 1.165) is 4.88 Å². The third-order valence-electron chi connectivity index (χ3n) is 1.66. The molecular weight excluding hydrogens is 220 g/mol. The molecule has 0 unspecified atom stereocenters. The Labute approximate surface area is 90.9 Å². The number of alkyl halides is 2. The van der Waals surface area contributed by atoms with Gasteiger partial charge in [-0.25, -0.2) is 0 Å². The maximum absolute atomic E-state index is 12.6. The summed E-state index contributed by atoms with van der Waals surface area (Å²) < 4.78 is 25.2. The maximum atomic E-state index is 12.6. The van der Waals surface area contributed by atoms with Crippen LogP contribution in [0.1, 0.15) is 18.7 Å². The van der Waals surface area contributed by atoms with Gasteiger partial charge in [0.25, 0.3) is 0 Å². The van der Waals surface area contributed by atoms with E-state index in [0.29, 0.717) is 12.6 Å². The molecule has 0 radical (unpaired) electrons. The molecule has 0 spiro atoms. The van der Waals surface area contributed by atoms with Crippen LogP contribution in [0, 0.1) is 0 Å². The summed E-state index contributed by atoms with van der Waals surface area (Å²) >= 11 is 1.46. The van der Waals surface area contributed by atoms with E-state index in [1.807, 2.05) is 17.5 Å². The summed E-state index contributed by atoms with van der Waals surface area (Å²) in [6.45, 7) is 5.50. The smallest absolute Gasteiger partial charge is 0.304 e. The molecule has 15 heavy (non-hydrogen) atoms. The second-order valence-electron chi connectivity index (χ2n) is 3.06. The zero-order valence-electron chi connectivity index (χ0n) is 8.46. The van der Waals surface area contributed by atoms with Crippen molar-refractivity contribution in [1.82, 2.24) is 0 Å². The minimum Gasteiger partial charge on any atom is -0.355 e. The minimum absolute atomic E-state index is 0.551. The average molecular weight is 231 g/mol. The number of nitrogens with zero attached hydrogens (tertiary/aromatic N) is 1. The van der Waals surface area contributed by atoms with Crippen molar-refractivity contribution in [2.75, 3.05) is 0 Å².